The number of oxime groups is 1. The first kappa shape index (κ1) is 21.0. The molecule has 0 spiro atoms. The van der Waals surface area contributed by atoms with Gasteiger partial charge in [-0.1, -0.05) is 11.2 Å². The van der Waals surface area contributed by atoms with Crippen molar-refractivity contribution in [3.63, 3.8) is 0 Å². The molecular weight excluding hydrogens is 427 g/mol. The number of halogens is 3. The first-order valence-electron chi connectivity index (χ1n) is 9.34. The second kappa shape index (κ2) is 7.77. The van der Waals surface area contributed by atoms with Crippen molar-refractivity contribution in [1.29, 1.82) is 0 Å². The Kier molecular flexibility index (Phi) is 5.26. The molecule has 1 aliphatic heterocycles. The van der Waals surface area contributed by atoms with Crippen LogP contribution in [0.15, 0.2) is 53.7 Å². The molecule has 8 heteroatoms. The molecule has 4 rings (SSSR count). The first-order valence-corrected chi connectivity index (χ1v) is 10.2. The molecule has 158 valence electrons. The van der Waals surface area contributed by atoms with Crippen molar-refractivity contribution >= 4 is 28.6 Å². The fourth-order valence-electron chi connectivity index (χ4n) is 3.15. The minimum atomic E-state index is -1.09. The van der Waals surface area contributed by atoms with Crippen molar-refractivity contribution < 1.29 is 27.6 Å². The zero-order valence-electron chi connectivity index (χ0n) is 16.5. The van der Waals surface area contributed by atoms with Crippen LogP contribution < -0.4 is 0 Å². The maximum absolute atomic E-state index is 14.5. The van der Waals surface area contributed by atoms with Gasteiger partial charge in [0.25, 0.3) is 0 Å². The number of carbonyl (C=O) groups is 2. The van der Waals surface area contributed by atoms with E-state index in [0.29, 0.717) is 10.4 Å². The molecule has 0 N–H and O–H groups in total. The molecular formula is C23H16F3NO3S. The minimum Gasteiger partial charge on any atom is -0.381 e. The maximum Gasteiger partial charge on any atom is 0.230 e. The standard InChI is InChI=1S/C23H16F3NO3S/c1-23(2)22(29)21(27-30-23)12-6-7-17(26)14(10-12)19-8-9-20(31-19)18(28)11-13-15(24)4-3-5-16(13)25/h3-10H,11H2,1-2H3. The van der Waals surface area contributed by atoms with E-state index in [1.54, 1.807) is 19.9 Å². The second-order valence-electron chi connectivity index (χ2n) is 7.53. The number of carbonyl (C=O) groups excluding carboxylic acids is 2. The summed E-state index contributed by atoms with van der Waals surface area (Å²) >= 11 is 1.00. The summed E-state index contributed by atoms with van der Waals surface area (Å²) in [5.74, 6) is -2.94. The lowest BCUT2D eigenvalue weighted by atomic mass is 9.95. The van der Waals surface area contributed by atoms with Gasteiger partial charge in [-0.3, -0.25) is 9.59 Å². The van der Waals surface area contributed by atoms with Gasteiger partial charge in [0.2, 0.25) is 5.78 Å². The SMILES string of the molecule is CC1(C)ON=C(c2ccc(F)c(-c3ccc(C(=O)Cc4c(F)cccc4F)s3)c2)C1=O. The molecule has 0 bridgehead atoms. The van der Waals surface area contributed by atoms with Crippen molar-refractivity contribution in [1.82, 2.24) is 0 Å². The maximum atomic E-state index is 14.5. The lowest BCUT2D eigenvalue weighted by molar-refractivity contribution is -0.128. The third kappa shape index (κ3) is 3.90. The Balaban J connectivity index is 1.62. The molecule has 0 aliphatic carbocycles. The van der Waals surface area contributed by atoms with Gasteiger partial charge in [0.15, 0.2) is 17.1 Å². The topological polar surface area (TPSA) is 55.7 Å². The van der Waals surface area contributed by atoms with Gasteiger partial charge in [-0.25, -0.2) is 13.2 Å². The summed E-state index contributed by atoms with van der Waals surface area (Å²) in [6.45, 7) is 3.18. The van der Waals surface area contributed by atoms with E-state index in [0.717, 1.165) is 23.5 Å². The fourth-order valence-corrected chi connectivity index (χ4v) is 4.12. The quantitative estimate of drug-likeness (QED) is 0.500. The van der Waals surface area contributed by atoms with Crippen molar-refractivity contribution in [2.24, 2.45) is 5.16 Å². The normalized spacial score (nSPS) is 15.0. The number of hydrogen-bond acceptors (Lipinski definition) is 5. The molecule has 2 heterocycles. The van der Waals surface area contributed by atoms with Crippen LogP contribution in [0.1, 0.15) is 34.6 Å². The van der Waals surface area contributed by atoms with E-state index in [1.807, 2.05) is 0 Å². The molecule has 0 atom stereocenters. The van der Waals surface area contributed by atoms with Crippen LogP contribution in [-0.4, -0.2) is 22.9 Å². The molecule has 0 fully saturated rings. The van der Waals surface area contributed by atoms with Gasteiger partial charge in [-0.15, -0.1) is 11.3 Å². The second-order valence-corrected chi connectivity index (χ2v) is 8.61. The van der Waals surface area contributed by atoms with Crippen LogP contribution in [0, 0.1) is 17.5 Å². The minimum absolute atomic E-state index is 0.0918. The molecule has 0 unspecified atom stereocenters. The number of rotatable bonds is 5. The number of ketones is 2. The Morgan fingerprint density at radius 2 is 1.74 bits per heavy atom. The van der Waals surface area contributed by atoms with Gasteiger partial charge < -0.3 is 4.84 Å². The van der Waals surface area contributed by atoms with E-state index in [-0.39, 0.29) is 27.5 Å². The van der Waals surface area contributed by atoms with E-state index in [4.69, 9.17) is 4.84 Å². The smallest absolute Gasteiger partial charge is 0.230 e. The Morgan fingerprint density at radius 3 is 2.39 bits per heavy atom. The van der Waals surface area contributed by atoms with Crippen LogP contribution in [0.4, 0.5) is 13.2 Å². The molecule has 3 aromatic rings. The highest BCUT2D eigenvalue weighted by Crippen LogP contribution is 2.33. The highest BCUT2D eigenvalue weighted by molar-refractivity contribution is 7.17. The molecule has 0 amide bonds. The van der Waals surface area contributed by atoms with Crippen molar-refractivity contribution in [2.45, 2.75) is 25.9 Å². The molecule has 31 heavy (non-hydrogen) atoms. The summed E-state index contributed by atoms with van der Waals surface area (Å²) in [6, 6.07) is 10.5. The number of benzene rings is 2. The number of hydrogen-bond donors (Lipinski definition) is 0. The summed E-state index contributed by atoms with van der Waals surface area (Å²) in [6.07, 6.45) is -0.446. The predicted molar refractivity (Wildman–Crippen MR) is 111 cm³/mol. The van der Waals surface area contributed by atoms with E-state index in [1.165, 1.54) is 30.3 Å². The van der Waals surface area contributed by atoms with Crippen LogP contribution in [0.5, 0.6) is 0 Å². The lowest BCUT2D eigenvalue weighted by Crippen LogP contribution is -2.33. The Morgan fingerprint density at radius 1 is 1.03 bits per heavy atom. The summed E-state index contributed by atoms with van der Waals surface area (Å²) in [7, 11) is 0. The van der Waals surface area contributed by atoms with Gasteiger partial charge >= 0.3 is 0 Å². The molecule has 2 aromatic carbocycles. The van der Waals surface area contributed by atoms with Crippen molar-refractivity contribution in [3.05, 3.63) is 82.0 Å². The zero-order valence-corrected chi connectivity index (χ0v) is 17.4. The molecule has 0 saturated heterocycles. The monoisotopic (exact) mass is 443 g/mol. The van der Waals surface area contributed by atoms with Crippen LogP contribution in [0.3, 0.4) is 0 Å². The number of nitrogens with zero attached hydrogens (tertiary/aromatic N) is 1. The van der Waals surface area contributed by atoms with Crippen LogP contribution >= 0.6 is 11.3 Å². The van der Waals surface area contributed by atoms with Gasteiger partial charge in [-0.2, -0.15) is 0 Å². The summed E-state index contributed by atoms with van der Waals surface area (Å²) < 4.78 is 42.2. The lowest BCUT2D eigenvalue weighted by Gasteiger charge is -2.11. The van der Waals surface area contributed by atoms with Gasteiger partial charge in [0.05, 0.1) is 4.88 Å². The molecule has 0 saturated carbocycles. The zero-order chi connectivity index (χ0) is 22.3. The Bertz CT molecular complexity index is 1230. The highest BCUT2D eigenvalue weighted by atomic mass is 32.1. The molecule has 0 radical (unpaired) electrons. The van der Waals surface area contributed by atoms with Crippen molar-refractivity contribution in [2.75, 3.05) is 0 Å². The third-order valence-electron chi connectivity index (χ3n) is 4.91. The van der Waals surface area contributed by atoms with Gasteiger partial charge in [0.1, 0.15) is 17.5 Å². The number of Topliss-reactive ketones (excluding diaryl/α,β-unsaturated/α-hetero) is 2. The average Bonchev–Trinajstić information content (AvgIpc) is 3.31. The Hall–Kier alpha value is -3.26. The highest BCUT2D eigenvalue weighted by Gasteiger charge is 2.40. The molecule has 1 aromatic heterocycles. The van der Waals surface area contributed by atoms with E-state index in [2.05, 4.69) is 5.16 Å². The molecule has 4 nitrogen and oxygen atoms in total. The van der Waals surface area contributed by atoms with Crippen LogP contribution in [0.2, 0.25) is 0 Å². The summed E-state index contributed by atoms with van der Waals surface area (Å²) in [5.41, 5.74) is -0.736. The first-order chi connectivity index (χ1) is 14.7. The summed E-state index contributed by atoms with van der Waals surface area (Å²) in [4.78, 5) is 30.8. The Labute approximate surface area is 180 Å². The van der Waals surface area contributed by atoms with E-state index < -0.39 is 35.3 Å². The van der Waals surface area contributed by atoms with Gasteiger partial charge in [-0.05, 0) is 56.3 Å². The predicted octanol–water partition coefficient (Wildman–Crippen LogP) is 5.34. The average molecular weight is 443 g/mol. The van der Waals surface area contributed by atoms with Gasteiger partial charge in [0, 0.05) is 28.0 Å². The van der Waals surface area contributed by atoms with E-state index >= 15 is 0 Å². The summed E-state index contributed by atoms with van der Waals surface area (Å²) in [5, 5.41) is 3.82. The third-order valence-corrected chi connectivity index (χ3v) is 6.07. The van der Waals surface area contributed by atoms with E-state index in [9.17, 15) is 22.8 Å². The van der Waals surface area contributed by atoms with Crippen LogP contribution in [-0.2, 0) is 16.1 Å². The number of thiophene rings is 1. The molecule has 1 aliphatic rings. The fraction of sp³-hybridized carbons (Fsp3) is 0.174. The largest absolute Gasteiger partial charge is 0.381 e. The van der Waals surface area contributed by atoms with Crippen molar-refractivity contribution in [3.8, 4) is 10.4 Å². The van der Waals surface area contributed by atoms with Crippen LogP contribution in [0.25, 0.3) is 10.4 Å².